The van der Waals surface area contributed by atoms with Crippen LogP contribution in [-0.2, 0) is 0 Å². The number of pyridine rings is 1. The molecular weight excluding hydrogens is 459 g/mol. The van der Waals surface area contributed by atoms with Crippen molar-refractivity contribution in [1.29, 1.82) is 0 Å². The van der Waals surface area contributed by atoms with Crippen molar-refractivity contribution in [2.24, 2.45) is 0 Å². The van der Waals surface area contributed by atoms with E-state index >= 15 is 0 Å². The summed E-state index contributed by atoms with van der Waals surface area (Å²) in [5.41, 5.74) is 3.25. The SMILES string of the molecule is CC(c1ccccc1F)N1CCN(C(=O)c2ccc(NSc3cccc4cccnc34)cc2)CC1. The van der Waals surface area contributed by atoms with Crippen molar-refractivity contribution in [2.75, 3.05) is 30.9 Å². The van der Waals surface area contributed by atoms with Crippen LogP contribution in [0.1, 0.15) is 28.9 Å². The lowest BCUT2D eigenvalue weighted by Gasteiger charge is -2.38. The fourth-order valence-corrected chi connectivity index (χ4v) is 5.24. The Kier molecular flexibility index (Phi) is 6.97. The average molecular weight is 487 g/mol. The molecule has 0 aliphatic carbocycles. The van der Waals surface area contributed by atoms with Crippen LogP contribution in [0.5, 0.6) is 0 Å². The first-order chi connectivity index (χ1) is 17.1. The standard InChI is InChI=1S/C28H27FN4OS/c1-20(24-8-2-3-9-25(24)29)32-16-18-33(19-17-32)28(34)22-11-13-23(14-12-22)31-35-26-10-4-6-21-7-5-15-30-27(21)26/h2-15,20,31H,16-19H2,1H3. The summed E-state index contributed by atoms with van der Waals surface area (Å²) in [5.74, 6) is -0.150. The van der Waals surface area contributed by atoms with Crippen molar-refractivity contribution in [3.05, 3.63) is 102 Å². The third-order valence-corrected chi connectivity index (χ3v) is 7.40. The fraction of sp³-hybridized carbons (Fsp3) is 0.214. The normalized spacial score (nSPS) is 15.2. The van der Waals surface area contributed by atoms with Crippen molar-refractivity contribution in [1.82, 2.24) is 14.8 Å². The number of piperazine rings is 1. The summed E-state index contributed by atoms with van der Waals surface area (Å²) in [6.07, 6.45) is 1.80. The second kappa shape index (κ2) is 10.5. The Morgan fingerprint density at radius 3 is 2.46 bits per heavy atom. The first-order valence-electron chi connectivity index (χ1n) is 11.7. The van der Waals surface area contributed by atoms with Crippen LogP contribution in [0.2, 0.25) is 0 Å². The molecule has 1 aliphatic heterocycles. The minimum absolute atomic E-state index is 0.0201. The van der Waals surface area contributed by atoms with Gasteiger partial charge in [-0.15, -0.1) is 0 Å². The van der Waals surface area contributed by atoms with Crippen molar-refractivity contribution >= 4 is 34.4 Å². The zero-order chi connectivity index (χ0) is 24.2. The number of halogens is 1. The molecule has 5 rings (SSSR count). The molecule has 0 bridgehead atoms. The minimum atomic E-state index is -0.179. The number of aromatic nitrogens is 1. The van der Waals surface area contributed by atoms with Crippen LogP contribution in [-0.4, -0.2) is 46.9 Å². The van der Waals surface area contributed by atoms with E-state index in [0.29, 0.717) is 24.2 Å². The topological polar surface area (TPSA) is 48.5 Å². The molecule has 0 radical (unpaired) electrons. The van der Waals surface area contributed by atoms with Crippen molar-refractivity contribution < 1.29 is 9.18 Å². The number of amides is 1. The molecule has 7 heteroatoms. The number of fused-ring (bicyclic) bond motifs is 1. The van der Waals surface area contributed by atoms with E-state index in [-0.39, 0.29) is 17.8 Å². The second-order valence-electron chi connectivity index (χ2n) is 8.64. The first kappa shape index (κ1) is 23.3. The summed E-state index contributed by atoms with van der Waals surface area (Å²) in [5, 5.41) is 1.10. The predicted octanol–water partition coefficient (Wildman–Crippen LogP) is 6.01. The molecule has 1 unspecified atom stereocenters. The Hall–Kier alpha value is -3.42. The number of carbonyl (C=O) groups excluding carboxylic acids is 1. The minimum Gasteiger partial charge on any atom is -0.336 e. The number of benzene rings is 3. The molecule has 178 valence electrons. The number of hydrogen-bond donors (Lipinski definition) is 1. The van der Waals surface area contributed by atoms with E-state index in [0.717, 1.165) is 34.6 Å². The van der Waals surface area contributed by atoms with E-state index in [4.69, 9.17) is 0 Å². The zero-order valence-corrected chi connectivity index (χ0v) is 20.3. The Balaban J connectivity index is 1.17. The maximum atomic E-state index is 14.2. The molecule has 0 spiro atoms. The predicted molar refractivity (Wildman–Crippen MR) is 140 cm³/mol. The maximum Gasteiger partial charge on any atom is 0.253 e. The number of carbonyl (C=O) groups is 1. The molecule has 3 aromatic carbocycles. The molecule has 1 aliphatic rings. The molecule has 4 aromatic rings. The number of rotatable bonds is 6. The van der Waals surface area contributed by atoms with Gasteiger partial charge >= 0.3 is 0 Å². The largest absolute Gasteiger partial charge is 0.336 e. The number of para-hydroxylation sites is 1. The Bertz CT molecular complexity index is 1320. The van der Waals surface area contributed by atoms with Gasteiger partial charge in [-0.1, -0.05) is 36.4 Å². The zero-order valence-electron chi connectivity index (χ0n) is 19.5. The Morgan fingerprint density at radius 1 is 0.943 bits per heavy atom. The van der Waals surface area contributed by atoms with Gasteiger partial charge in [0.15, 0.2) is 0 Å². The van der Waals surface area contributed by atoms with Gasteiger partial charge in [-0.05, 0) is 61.3 Å². The van der Waals surface area contributed by atoms with Gasteiger partial charge in [0.05, 0.1) is 10.4 Å². The second-order valence-corrected chi connectivity index (χ2v) is 9.49. The third-order valence-electron chi connectivity index (χ3n) is 6.51. The Labute approximate surface area is 209 Å². The third kappa shape index (κ3) is 5.16. The lowest BCUT2D eigenvalue weighted by atomic mass is 10.1. The Morgan fingerprint density at radius 2 is 1.69 bits per heavy atom. The lowest BCUT2D eigenvalue weighted by molar-refractivity contribution is 0.0579. The van der Waals surface area contributed by atoms with E-state index in [2.05, 4.69) is 14.6 Å². The summed E-state index contributed by atoms with van der Waals surface area (Å²) in [7, 11) is 0. The summed E-state index contributed by atoms with van der Waals surface area (Å²) >= 11 is 1.51. The van der Waals surface area contributed by atoms with Gasteiger partial charge in [0.25, 0.3) is 5.91 Å². The van der Waals surface area contributed by atoms with Crippen molar-refractivity contribution in [2.45, 2.75) is 17.9 Å². The van der Waals surface area contributed by atoms with Gasteiger partial charge in [0, 0.05) is 60.6 Å². The molecular formula is C28H27FN4OS. The van der Waals surface area contributed by atoms with E-state index in [1.165, 1.54) is 18.0 Å². The van der Waals surface area contributed by atoms with Crippen LogP contribution < -0.4 is 4.72 Å². The maximum absolute atomic E-state index is 14.2. The quantitative estimate of drug-likeness (QED) is 0.338. The summed E-state index contributed by atoms with van der Waals surface area (Å²) in [6, 6.07) is 24.6. The molecule has 1 atom stereocenters. The first-order valence-corrected chi connectivity index (χ1v) is 12.6. The van der Waals surface area contributed by atoms with E-state index in [1.54, 1.807) is 12.3 Å². The fourth-order valence-electron chi connectivity index (χ4n) is 4.46. The van der Waals surface area contributed by atoms with Gasteiger partial charge in [-0.3, -0.25) is 14.7 Å². The van der Waals surface area contributed by atoms with Gasteiger partial charge in [-0.2, -0.15) is 0 Å². The molecule has 1 saturated heterocycles. The monoisotopic (exact) mass is 486 g/mol. The van der Waals surface area contributed by atoms with Gasteiger partial charge in [0.1, 0.15) is 5.82 Å². The molecule has 1 amide bonds. The van der Waals surface area contributed by atoms with Crippen LogP contribution >= 0.6 is 11.9 Å². The molecule has 2 heterocycles. The van der Waals surface area contributed by atoms with Gasteiger partial charge in [0.2, 0.25) is 0 Å². The van der Waals surface area contributed by atoms with Crippen molar-refractivity contribution in [3.63, 3.8) is 0 Å². The summed E-state index contributed by atoms with van der Waals surface area (Å²) in [4.78, 5) is 22.7. The smallest absolute Gasteiger partial charge is 0.253 e. The molecule has 35 heavy (non-hydrogen) atoms. The van der Waals surface area contributed by atoms with Crippen LogP contribution in [0, 0.1) is 5.82 Å². The highest BCUT2D eigenvalue weighted by atomic mass is 32.2. The summed E-state index contributed by atoms with van der Waals surface area (Å²) in [6.45, 7) is 4.71. The highest BCUT2D eigenvalue weighted by molar-refractivity contribution is 8.00. The van der Waals surface area contributed by atoms with Gasteiger partial charge in [-0.25, -0.2) is 4.39 Å². The molecule has 1 aromatic heterocycles. The van der Waals surface area contributed by atoms with Crippen LogP contribution in [0.3, 0.4) is 0 Å². The summed E-state index contributed by atoms with van der Waals surface area (Å²) < 4.78 is 17.5. The van der Waals surface area contributed by atoms with Crippen LogP contribution in [0.15, 0.2) is 90.0 Å². The number of nitrogens with one attached hydrogen (secondary N) is 1. The molecule has 5 nitrogen and oxygen atoms in total. The van der Waals surface area contributed by atoms with E-state index < -0.39 is 0 Å². The van der Waals surface area contributed by atoms with E-state index in [1.807, 2.05) is 78.6 Å². The average Bonchev–Trinajstić information content (AvgIpc) is 2.92. The molecule has 0 saturated carbocycles. The highest BCUT2D eigenvalue weighted by Crippen LogP contribution is 2.28. The number of hydrogen-bond acceptors (Lipinski definition) is 5. The van der Waals surface area contributed by atoms with Crippen molar-refractivity contribution in [3.8, 4) is 0 Å². The number of nitrogens with zero attached hydrogens (tertiary/aromatic N) is 3. The van der Waals surface area contributed by atoms with E-state index in [9.17, 15) is 9.18 Å². The van der Waals surface area contributed by atoms with Crippen LogP contribution in [0.25, 0.3) is 10.9 Å². The van der Waals surface area contributed by atoms with Crippen LogP contribution in [0.4, 0.5) is 10.1 Å². The highest BCUT2D eigenvalue weighted by Gasteiger charge is 2.26. The molecule has 1 fully saturated rings. The molecule has 1 N–H and O–H groups in total. The number of anilines is 1. The van der Waals surface area contributed by atoms with Gasteiger partial charge < -0.3 is 9.62 Å². The lowest BCUT2D eigenvalue weighted by Crippen LogP contribution is -2.49.